The van der Waals surface area contributed by atoms with Gasteiger partial charge in [-0.3, -0.25) is 10.1 Å². The molecule has 1 aromatic carbocycles. The van der Waals surface area contributed by atoms with E-state index >= 15 is 0 Å². The van der Waals surface area contributed by atoms with Crippen molar-refractivity contribution in [1.29, 1.82) is 0 Å². The fraction of sp³-hybridized carbons (Fsp3) is 0.176. The SMILES string of the molecule is CCCc1sc(NC(=O)c2ccco2)nc1-c1ccc(Cl)cc1Cl. The molecule has 0 aliphatic carbocycles. The topological polar surface area (TPSA) is 55.1 Å². The molecule has 0 saturated carbocycles. The number of furan rings is 1. The van der Waals surface area contributed by atoms with Crippen LogP contribution in [0.4, 0.5) is 5.13 Å². The molecule has 4 nitrogen and oxygen atoms in total. The Hall–Kier alpha value is -1.82. The highest BCUT2D eigenvalue weighted by atomic mass is 35.5. The molecule has 2 heterocycles. The molecule has 0 aliphatic rings. The summed E-state index contributed by atoms with van der Waals surface area (Å²) in [5.41, 5.74) is 1.58. The van der Waals surface area contributed by atoms with Crippen LogP contribution < -0.4 is 5.32 Å². The van der Waals surface area contributed by atoms with Crippen molar-refractivity contribution in [3.63, 3.8) is 0 Å². The highest BCUT2D eigenvalue weighted by Crippen LogP contribution is 2.37. The van der Waals surface area contributed by atoms with Crippen LogP contribution in [-0.4, -0.2) is 10.9 Å². The number of thiazole rings is 1. The maximum Gasteiger partial charge on any atom is 0.293 e. The van der Waals surface area contributed by atoms with Gasteiger partial charge in [0, 0.05) is 15.5 Å². The van der Waals surface area contributed by atoms with Gasteiger partial charge < -0.3 is 4.42 Å². The highest BCUT2D eigenvalue weighted by Gasteiger charge is 2.18. The van der Waals surface area contributed by atoms with Gasteiger partial charge in [-0.1, -0.05) is 36.5 Å². The van der Waals surface area contributed by atoms with E-state index in [0.717, 1.165) is 29.0 Å². The van der Waals surface area contributed by atoms with Crippen LogP contribution in [0.5, 0.6) is 0 Å². The number of amides is 1. The Morgan fingerprint density at radius 2 is 2.17 bits per heavy atom. The third-order valence-corrected chi connectivity index (χ3v) is 4.90. The first-order chi connectivity index (χ1) is 11.6. The summed E-state index contributed by atoms with van der Waals surface area (Å²) < 4.78 is 5.10. The molecule has 7 heteroatoms. The maximum absolute atomic E-state index is 12.1. The number of anilines is 1. The lowest BCUT2D eigenvalue weighted by Gasteiger charge is -2.04. The third-order valence-electron chi connectivity index (χ3n) is 3.33. The Kier molecular flexibility index (Phi) is 5.23. The summed E-state index contributed by atoms with van der Waals surface area (Å²) in [6, 6.07) is 8.58. The zero-order valence-electron chi connectivity index (χ0n) is 12.8. The van der Waals surface area contributed by atoms with Crippen molar-refractivity contribution in [2.45, 2.75) is 19.8 Å². The van der Waals surface area contributed by atoms with E-state index in [1.54, 1.807) is 24.3 Å². The van der Waals surface area contributed by atoms with Gasteiger partial charge in [-0.15, -0.1) is 11.3 Å². The van der Waals surface area contributed by atoms with Crippen LogP contribution in [0.3, 0.4) is 0 Å². The van der Waals surface area contributed by atoms with E-state index in [2.05, 4.69) is 17.2 Å². The van der Waals surface area contributed by atoms with Crippen LogP contribution in [0, 0.1) is 0 Å². The second-order valence-electron chi connectivity index (χ2n) is 5.10. The number of carbonyl (C=O) groups is 1. The average Bonchev–Trinajstić information content (AvgIpc) is 3.18. The highest BCUT2D eigenvalue weighted by molar-refractivity contribution is 7.16. The largest absolute Gasteiger partial charge is 0.459 e. The smallest absolute Gasteiger partial charge is 0.293 e. The molecular weight excluding hydrogens is 367 g/mol. The van der Waals surface area contributed by atoms with E-state index in [-0.39, 0.29) is 11.7 Å². The van der Waals surface area contributed by atoms with Gasteiger partial charge in [0.2, 0.25) is 0 Å². The first-order valence-electron chi connectivity index (χ1n) is 7.38. The molecule has 0 radical (unpaired) electrons. The predicted octanol–water partition coefficient (Wildman–Crippen LogP) is 5.91. The van der Waals surface area contributed by atoms with Crippen molar-refractivity contribution in [3.05, 3.63) is 57.3 Å². The van der Waals surface area contributed by atoms with Crippen molar-refractivity contribution in [2.75, 3.05) is 5.32 Å². The third kappa shape index (κ3) is 3.64. The molecule has 0 atom stereocenters. The molecule has 1 amide bonds. The fourth-order valence-corrected chi connectivity index (χ4v) is 3.83. The molecule has 2 aromatic heterocycles. The summed E-state index contributed by atoms with van der Waals surface area (Å²) in [7, 11) is 0. The number of hydrogen-bond acceptors (Lipinski definition) is 4. The Morgan fingerprint density at radius 3 is 2.83 bits per heavy atom. The second kappa shape index (κ2) is 7.38. The lowest BCUT2D eigenvalue weighted by Crippen LogP contribution is -2.10. The van der Waals surface area contributed by atoms with Gasteiger partial charge >= 0.3 is 0 Å². The minimum Gasteiger partial charge on any atom is -0.459 e. The number of rotatable bonds is 5. The molecule has 0 saturated heterocycles. The number of hydrogen-bond donors (Lipinski definition) is 1. The summed E-state index contributed by atoms with van der Waals surface area (Å²) in [4.78, 5) is 17.7. The number of aryl methyl sites for hydroxylation is 1. The first kappa shape index (κ1) is 17.0. The number of benzene rings is 1. The first-order valence-corrected chi connectivity index (χ1v) is 8.95. The van der Waals surface area contributed by atoms with Crippen LogP contribution >= 0.6 is 34.5 Å². The van der Waals surface area contributed by atoms with Gasteiger partial charge in [0.1, 0.15) is 0 Å². The van der Waals surface area contributed by atoms with Gasteiger partial charge in [-0.2, -0.15) is 0 Å². The van der Waals surface area contributed by atoms with Crippen molar-refractivity contribution >= 4 is 45.6 Å². The normalized spacial score (nSPS) is 10.8. The van der Waals surface area contributed by atoms with E-state index < -0.39 is 0 Å². The molecule has 0 spiro atoms. The molecule has 3 rings (SSSR count). The summed E-state index contributed by atoms with van der Waals surface area (Å²) in [6.07, 6.45) is 3.27. The maximum atomic E-state index is 12.1. The minimum atomic E-state index is -0.328. The molecule has 0 bridgehead atoms. The van der Waals surface area contributed by atoms with Crippen LogP contribution in [0.25, 0.3) is 11.3 Å². The van der Waals surface area contributed by atoms with Crippen LogP contribution in [-0.2, 0) is 6.42 Å². The van der Waals surface area contributed by atoms with Gasteiger partial charge in [0.25, 0.3) is 5.91 Å². The molecule has 3 aromatic rings. The zero-order valence-corrected chi connectivity index (χ0v) is 15.1. The average molecular weight is 381 g/mol. The van der Waals surface area contributed by atoms with Crippen molar-refractivity contribution in [3.8, 4) is 11.3 Å². The molecule has 124 valence electrons. The number of carbonyl (C=O) groups excluding carboxylic acids is 1. The van der Waals surface area contributed by atoms with Crippen LogP contribution in [0.15, 0.2) is 41.0 Å². The molecule has 24 heavy (non-hydrogen) atoms. The van der Waals surface area contributed by atoms with Crippen molar-refractivity contribution in [2.24, 2.45) is 0 Å². The summed E-state index contributed by atoms with van der Waals surface area (Å²) >= 11 is 13.7. The number of aromatic nitrogens is 1. The summed E-state index contributed by atoms with van der Waals surface area (Å²) in [5, 5.41) is 4.39. The lowest BCUT2D eigenvalue weighted by molar-refractivity contribution is 0.0996. The van der Waals surface area contributed by atoms with Gasteiger partial charge in [0.05, 0.1) is 17.0 Å². The monoisotopic (exact) mass is 380 g/mol. The van der Waals surface area contributed by atoms with Gasteiger partial charge in [0.15, 0.2) is 10.9 Å². The molecule has 0 unspecified atom stereocenters. The van der Waals surface area contributed by atoms with Crippen LogP contribution in [0.2, 0.25) is 10.0 Å². The Labute approximate surface area is 153 Å². The number of nitrogens with one attached hydrogen (secondary N) is 1. The van der Waals surface area contributed by atoms with E-state index in [0.29, 0.717) is 15.2 Å². The predicted molar refractivity (Wildman–Crippen MR) is 98.2 cm³/mol. The zero-order chi connectivity index (χ0) is 17.1. The van der Waals surface area contributed by atoms with Crippen LogP contribution in [0.1, 0.15) is 28.8 Å². The molecule has 1 N–H and O–H groups in total. The van der Waals surface area contributed by atoms with Gasteiger partial charge in [-0.05, 0) is 36.8 Å². The van der Waals surface area contributed by atoms with E-state index in [4.69, 9.17) is 27.6 Å². The fourth-order valence-electron chi connectivity index (χ4n) is 2.26. The summed E-state index contributed by atoms with van der Waals surface area (Å²) in [6.45, 7) is 2.09. The number of halogens is 2. The van der Waals surface area contributed by atoms with E-state index in [9.17, 15) is 4.79 Å². The number of nitrogens with zero attached hydrogens (tertiary/aromatic N) is 1. The standard InChI is InChI=1S/C17H14Cl2N2O2S/c1-2-4-14-15(11-7-6-10(18)9-12(11)19)20-17(24-14)21-16(22)13-5-3-8-23-13/h3,5-9H,2,4H2,1H3,(H,20,21,22). The van der Waals surface area contributed by atoms with Crippen molar-refractivity contribution in [1.82, 2.24) is 4.98 Å². The summed E-state index contributed by atoms with van der Waals surface area (Å²) in [5.74, 6) is -0.0844. The lowest BCUT2D eigenvalue weighted by atomic mass is 10.1. The second-order valence-corrected chi connectivity index (χ2v) is 7.02. The van der Waals surface area contributed by atoms with Gasteiger partial charge in [-0.25, -0.2) is 4.98 Å². The van der Waals surface area contributed by atoms with E-state index in [1.807, 2.05) is 6.07 Å². The quantitative estimate of drug-likeness (QED) is 0.597. The van der Waals surface area contributed by atoms with E-state index in [1.165, 1.54) is 17.6 Å². The Morgan fingerprint density at radius 1 is 1.33 bits per heavy atom. The molecule has 0 fully saturated rings. The van der Waals surface area contributed by atoms with Crippen molar-refractivity contribution < 1.29 is 9.21 Å². The molecule has 0 aliphatic heterocycles. The minimum absolute atomic E-state index is 0.244. The Balaban J connectivity index is 1.94. The Bertz CT molecular complexity index is 860. The molecular formula is C17H14Cl2N2O2S.